The third kappa shape index (κ3) is 4.77. The molecule has 0 aliphatic carbocycles. The molecule has 2 aliphatic heterocycles. The van der Waals surface area contributed by atoms with Gasteiger partial charge in [0.05, 0.1) is 0 Å². The first-order valence-electron chi connectivity index (χ1n) is 10.1. The topological polar surface area (TPSA) is 36.0 Å². The van der Waals surface area contributed by atoms with Gasteiger partial charge in [-0.15, -0.1) is 11.8 Å². The van der Waals surface area contributed by atoms with Crippen molar-refractivity contribution in [3.05, 3.63) is 71.8 Å². The second kappa shape index (κ2) is 9.37. The van der Waals surface area contributed by atoms with E-state index in [0.29, 0.717) is 6.61 Å². The molecule has 0 bridgehead atoms. The lowest BCUT2D eigenvalue weighted by Crippen LogP contribution is -2.47. The van der Waals surface area contributed by atoms with Crippen LogP contribution in [0.2, 0.25) is 0 Å². The van der Waals surface area contributed by atoms with E-state index in [1.807, 2.05) is 29.8 Å². The van der Waals surface area contributed by atoms with Crippen LogP contribution >= 0.6 is 11.8 Å². The largest absolute Gasteiger partial charge is 0.492 e. The molecular formula is C23H27N3O2S. The van der Waals surface area contributed by atoms with Crippen LogP contribution in [0.3, 0.4) is 0 Å². The van der Waals surface area contributed by atoms with Gasteiger partial charge in [0.1, 0.15) is 17.7 Å². The Morgan fingerprint density at radius 1 is 1.03 bits per heavy atom. The lowest BCUT2D eigenvalue weighted by molar-refractivity contribution is -0.126. The van der Waals surface area contributed by atoms with Crippen LogP contribution in [0.5, 0.6) is 5.75 Å². The fourth-order valence-electron chi connectivity index (χ4n) is 3.78. The van der Waals surface area contributed by atoms with Crippen molar-refractivity contribution in [3.8, 4) is 5.75 Å². The van der Waals surface area contributed by atoms with Crippen LogP contribution in [-0.4, -0.2) is 55.0 Å². The van der Waals surface area contributed by atoms with E-state index in [1.54, 1.807) is 23.6 Å². The van der Waals surface area contributed by atoms with E-state index in [1.165, 1.54) is 5.69 Å². The van der Waals surface area contributed by atoms with Gasteiger partial charge in [-0.3, -0.25) is 9.69 Å². The number of ether oxygens (including phenoxy) is 1. The summed E-state index contributed by atoms with van der Waals surface area (Å²) in [6.07, 6.45) is 1.85. The molecule has 1 unspecified atom stereocenters. The number of thioether (sulfide) groups is 1. The molecule has 2 aromatic rings. The number of carbonyl (C=O) groups is 1. The van der Waals surface area contributed by atoms with E-state index >= 15 is 0 Å². The molecule has 1 amide bonds. The van der Waals surface area contributed by atoms with Gasteiger partial charge in [0, 0.05) is 57.1 Å². The van der Waals surface area contributed by atoms with E-state index in [4.69, 9.17) is 4.74 Å². The van der Waals surface area contributed by atoms with Gasteiger partial charge in [0.2, 0.25) is 5.91 Å². The maximum atomic E-state index is 11.9. The summed E-state index contributed by atoms with van der Waals surface area (Å²) in [5.41, 5.74) is 2.35. The highest BCUT2D eigenvalue weighted by molar-refractivity contribution is 8.02. The molecule has 0 aromatic heterocycles. The Kier molecular flexibility index (Phi) is 6.42. The zero-order chi connectivity index (χ0) is 20.1. The molecule has 29 heavy (non-hydrogen) atoms. The molecule has 2 heterocycles. The smallest absolute Gasteiger partial charge is 0.224 e. The third-order valence-corrected chi connectivity index (χ3v) is 6.41. The van der Waals surface area contributed by atoms with E-state index in [0.717, 1.165) is 44.0 Å². The van der Waals surface area contributed by atoms with Crippen LogP contribution < -0.4 is 9.64 Å². The number of anilines is 1. The van der Waals surface area contributed by atoms with Gasteiger partial charge in [-0.2, -0.15) is 0 Å². The van der Waals surface area contributed by atoms with E-state index < -0.39 is 0 Å². The van der Waals surface area contributed by atoms with Crippen molar-refractivity contribution >= 4 is 23.4 Å². The lowest BCUT2D eigenvalue weighted by atomic mass is 10.2. The van der Waals surface area contributed by atoms with Crippen molar-refractivity contribution < 1.29 is 9.53 Å². The molecule has 4 rings (SSSR count). The van der Waals surface area contributed by atoms with Gasteiger partial charge in [-0.25, -0.2) is 0 Å². The number of benzene rings is 2. The second-order valence-corrected chi connectivity index (χ2v) is 8.24. The molecule has 0 radical (unpaired) electrons. The van der Waals surface area contributed by atoms with Gasteiger partial charge in [-0.1, -0.05) is 36.4 Å². The van der Waals surface area contributed by atoms with Crippen molar-refractivity contribution in [2.75, 3.05) is 44.2 Å². The Balaban J connectivity index is 1.29. The highest BCUT2D eigenvalue weighted by Crippen LogP contribution is 2.42. The molecule has 6 heteroatoms. The fraction of sp³-hybridized carbons (Fsp3) is 0.348. The summed E-state index contributed by atoms with van der Waals surface area (Å²) in [5, 5.41) is 1.92. The normalized spacial score (nSPS) is 19.6. The quantitative estimate of drug-likeness (QED) is 0.722. The van der Waals surface area contributed by atoms with Crippen molar-refractivity contribution in [3.63, 3.8) is 0 Å². The van der Waals surface area contributed by atoms with Crippen LogP contribution in [0.1, 0.15) is 17.9 Å². The van der Waals surface area contributed by atoms with Crippen molar-refractivity contribution in [2.24, 2.45) is 0 Å². The van der Waals surface area contributed by atoms with Crippen LogP contribution in [0.15, 0.2) is 66.2 Å². The second-order valence-electron chi connectivity index (χ2n) is 7.25. The van der Waals surface area contributed by atoms with Gasteiger partial charge < -0.3 is 14.5 Å². The summed E-state index contributed by atoms with van der Waals surface area (Å²) < 4.78 is 6.16. The molecule has 0 N–H and O–H groups in total. The van der Waals surface area contributed by atoms with Gasteiger partial charge >= 0.3 is 0 Å². The Labute approximate surface area is 176 Å². The summed E-state index contributed by atoms with van der Waals surface area (Å²) >= 11 is 1.63. The molecule has 2 aromatic carbocycles. The number of rotatable bonds is 6. The predicted molar refractivity (Wildman–Crippen MR) is 119 cm³/mol. The molecule has 1 fully saturated rings. The Hall–Kier alpha value is -2.44. The minimum atomic E-state index is -0.0434. The highest BCUT2D eigenvalue weighted by atomic mass is 32.2. The monoisotopic (exact) mass is 409 g/mol. The molecular weight excluding hydrogens is 382 g/mol. The number of para-hydroxylation sites is 2. The highest BCUT2D eigenvalue weighted by Gasteiger charge is 2.27. The van der Waals surface area contributed by atoms with E-state index in [-0.39, 0.29) is 11.3 Å². The molecule has 5 nitrogen and oxygen atoms in total. The van der Waals surface area contributed by atoms with Crippen LogP contribution in [0.4, 0.5) is 5.69 Å². The Morgan fingerprint density at radius 3 is 2.52 bits per heavy atom. The van der Waals surface area contributed by atoms with Gasteiger partial charge in [0.25, 0.3) is 0 Å². The minimum absolute atomic E-state index is 0.0434. The molecule has 0 saturated carbocycles. The number of carbonyl (C=O) groups excluding carboxylic acids is 1. The summed E-state index contributed by atoms with van der Waals surface area (Å²) in [4.78, 5) is 18.6. The first-order chi connectivity index (χ1) is 14.2. The fourth-order valence-corrected chi connectivity index (χ4v) is 4.82. The first-order valence-corrected chi connectivity index (χ1v) is 11.0. The van der Waals surface area contributed by atoms with Crippen LogP contribution in [-0.2, 0) is 4.79 Å². The summed E-state index contributed by atoms with van der Waals surface area (Å²) in [6, 6.07) is 18.6. The minimum Gasteiger partial charge on any atom is -0.492 e. The Bertz CT molecular complexity index is 850. The molecule has 2 aliphatic rings. The van der Waals surface area contributed by atoms with Crippen LogP contribution in [0, 0.1) is 0 Å². The average Bonchev–Trinajstić information content (AvgIpc) is 3.25. The first kappa shape index (κ1) is 19.9. The Morgan fingerprint density at radius 2 is 1.76 bits per heavy atom. The van der Waals surface area contributed by atoms with Gasteiger partial charge in [0.15, 0.2) is 0 Å². The number of hydrogen-bond acceptors (Lipinski definition) is 5. The van der Waals surface area contributed by atoms with Gasteiger partial charge in [-0.05, 0) is 23.6 Å². The average molecular weight is 410 g/mol. The standard InChI is InChI=1S/C23H27N3O2S/c1-19(27)26-16-18-29-23(26)21-9-5-6-10-22(21)28-17-15-24-11-13-25(14-12-24)20-7-3-2-4-8-20/h2-10,16,18,23H,11-15,17H2,1H3. The van der Waals surface area contributed by atoms with Crippen molar-refractivity contribution in [2.45, 2.75) is 12.3 Å². The van der Waals surface area contributed by atoms with E-state index in [2.05, 4.69) is 46.2 Å². The van der Waals surface area contributed by atoms with Crippen molar-refractivity contribution in [1.29, 1.82) is 0 Å². The summed E-state index contributed by atoms with van der Waals surface area (Å²) in [7, 11) is 0. The van der Waals surface area contributed by atoms with Crippen molar-refractivity contribution in [1.82, 2.24) is 9.80 Å². The number of piperazine rings is 1. The zero-order valence-corrected chi connectivity index (χ0v) is 17.6. The zero-order valence-electron chi connectivity index (χ0n) is 16.7. The number of hydrogen-bond donors (Lipinski definition) is 0. The molecule has 152 valence electrons. The van der Waals surface area contributed by atoms with E-state index in [9.17, 15) is 4.79 Å². The molecule has 1 saturated heterocycles. The van der Waals surface area contributed by atoms with Crippen LogP contribution in [0.25, 0.3) is 0 Å². The third-order valence-electron chi connectivity index (χ3n) is 5.39. The molecule has 1 atom stereocenters. The maximum absolute atomic E-state index is 11.9. The lowest BCUT2D eigenvalue weighted by Gasteiger charge is -2.36. The number of amides is 1. The summed E-state index contributed by atoms with van der Waals surface area (Å²) in [6.45, 7) is 7.32. The SMILES string of the molecule is CC(=O)N1C=CSC1c1ccccc1OCCN1CCN(c2ccccc2)CC1. The predicted octanol–water partition coefficient (Wildman–Crippen LogP) is 3.95. The maximum Gasteiger partial charge on any atom is 0.224 e. The number of nitrogens with zero attached hydrogens (tertiary/aromatic N) is 3. The summed E-state index contributed by atoms with van der Waals surface area (Å²) in [5.74, 6) is 0.908. The molecule has 0 spiro atoms.